The van der Waals surface area contributed by atoms with Crippen molar-refractivity contribution in [2.45, 2.75) is 6.61 Å². The first kappa shape index (κ1) is 13.0. The molecule has 1 aromatic heterocycles. The lowest BCUT2D eigenvalue weighted by Crippen LogP contribution is -1.97. The first-order chi connectivity index (χ1) is 10.4. The molecule has 0 atom stereocenters. The molecule has 0 spiro atoms. The standard InChI is InChI=1S/C18H13NO2/c19-12-16-9-8-15(17-7-4-10-20-17)11-18(16)21-13-14-5-2-1-3-6-14/h1-11H,13H2. The molecule has 0 saturated carbocycles. The number of hydrogen-bond donors (Lipinski definition) is 0. The molecule has 0 bridgehead atoms. The summed E-state index contributed by atoms with van der Waals surface area (Å²) in [7, 11) is 0. The van der Waals surface area contributed by atoms with E-state index in [9.17, 15) is 5.26 Å². The van der Waals surface area contributed by atoms with E-state index in [1.54, 1.807) is 12.3 Å². The monoisotopic (exact) mass is 275 g/mol. The van der Waals surface area contributed by atoms with Gasteiger partial charge in [-0.15, -0.1) is 0 Å². The highest BCUT2D eigenvalue weighted by Crippen LogP contribution is 2.28. The second-order valence-corrected chi connectivity index (χ2v) is 4.57. The average Bonchev–Trinajstić information content (AvgIpc) is 3.08. The summed E-state index contributed by atoms with van der Waals surface area (Å²) >= 11 is 0. The Morgan fingerprint density at radius 3 is 2.57 bits per heavy atom. The topological polar surface area (TPSA) is 46.2 Å². The van der Waals surface area contributed by atoms with E-state index in [-0.39, 0.29) is 0 Å². The van der Waals surface area contributed by atoms with Crippen molar-refractivity contribution < 1.29 is 9.15 Å². The molecular formula is C18H13NO2. The van der Waals surface area contributed by atoms with E-state index in [4.69, 9.17) is 9.15 Å². The SMILES string of the molecule is N#Cc1ccc(-c2ccco2)cc1OCc1ccccc1. The van der Waals surface area contributed by atoms with Crippen LogP contribution < -0.4 is 4.74 Å². The Labute approximate surface area is 123 Å². The number of furan rings is 1. The second kappa shape index (κ2) is 5.98. The van der Waals surface area contributed by atoms with Gasteiger partial charge >= 0.3 is 0 Å². The van der Waals surface area contributed by atoms with E-state index in [0.717, 1.165) is 16.9 Å². The van der Waals surface area contributed by atoms with E-state index in [0.29, 0.717) is 17.9 Å². The summed E-state index contributed by atoms with van der Waals surface area (Å²) in [6.07, 6.45) is 1.62. The van der Waals surface area contributed by atoms with Crippen LogP contribution in [0.1, 0.15) is 11.1 Å². The number of hydrogen-bond acceptors (Lipinski definition) is 3. The summed E-state index contributed by atoms with van der Waals surface area (Å²) in [5, 5.41) is 9.18. The second-order valence-electron chi connectivity index (χ2n) is 4.57. The Morgan fingerprint density at radius 2 is 1.86 bits per heavy atom. The minimum atomic E-state index is 0.428. The molecule has 0 aliphatic rings. The van der Waals surface area contributed by atoms with Gasteiger partial charge in [-0.25, -0.2) is 0 Å². The molecule has 0 radical (unpaired) electrons. The van der Waals surface area contributed by atoms with Gasteiger partial charge in [-0.3, -0.25) is 0 Å². The Hall–Kier alpha value is -2.99. The van der Waals surface area contributed by atoms with Crippen LogP contribution in [0.5, 0.6) is 5.75 Å². The quantitative estimate of drug-likeness (QED) is 0.709. The highest BCUT2D eigenvalue weighted by molar-refractivity contribution is 5.62. The molecule has 3 aromatic rings. The van der Waals surface area contributed by atoms with Crippen molar-refractivity contribution in [1.82, 2.24) is 0 Å². The van der Waals surface area contributed by atoms with Crippen LogP contribution in [-0.4, -0.2) is 0 Å². The molecule has 3 rings (SSSR count). The van der Waals surface area contributed by atoms with E-state index >= 15 is 0 Å². The normalized spacial score (nSPS) is 10.0. The van der Waals surface area contributed by atoms with Gasteiger partial charge in [-0.2, -0.15) is 5.26 Å². The Balaban J connectivity index is 1.86. The Morgan fingerprint density at radius 1 is 1.00 bits per heavy atom. The van der Waals surface area contributed by atoms with Crippen LogP contribution in [0.3, 0.4) is 0 Å². The van der Waals surface area contributed by atoms with Gasteiger partial charge in [0.25, 0.3) is 0 Å². The first-order valence-corrected chi connectivity index (χ1v) is 6.61. The summed E-state index contributed by atoms with van der Waals surface area (Å²) in [4.78, 5) is 0. The van der Waals surface area contributed by atoms with E-state index in [1.807, 2.05) is 54.6 Å². The maximum absolute atomic E-state index is 9.18. The van der Waals surface area contributed by atoms with Crippen molar-refractivity contribution in [3.8, 4) is 23.1 Å². The molecule has 2 aromatic carbocycles. The average molecular weight is 275 g/mol. The smallest absolute Gasteiger partial charge is 0.138 e. The molecule has 0 N–H and O–H groups in total. The summed E-state index contributed by atoms with van der Waals surface area (Å²) in [6.45, 7) is 0.428. The first-order valence-electron chi connectivity index (χ1n) is 6.61. The van der Waals surface area contributed by atoms with Crippen LogP contribution in [-0.2, 0) is 6.61 Å². The molecule has 3 heteroatoms. The van der Waals surface area contributed by atoms with Crippen LogP contribution in [0.15, 0.2) is 71.3 Å². The maximum atomic E-state index is 9.18. The number of benzene rings is 2. The zero-order valence-electron chi connectivity index (χ0n) is 11.3. The van der Waals surface area contributed by atoms with Gasteiger partial charge in [-0.05, 0) is 35.9 Å². The van der Waals surface area contributed by atoms with Crippen molar-refractivity contribution in [1.29, 1.82) is 5.26 Å². The number of nitriles is 1. The van der Waals surface area contributed by atoms with Gasteiger partial charge in [0.1, 0.15) is 24.2 Å². The van der Waals surface area contributed by atoms with Gasteiger partial charge in [0.2, 0.25) is 0 Å². The van der Waals surface area contributed by atoms with Crippen molar-refractivity contribution in [3.05, 3.63) is 78.1 Å². The Kier molecular flexibility index (Phi) is 3.70. The fourth-order valence-electron chi connectivity index (χ4n) is 2.07. The maximum Gasteiger partial charge on any atom is 0.138 e. The highest BCUT2D eigenvalue weighted by atomic mass is 16.5. The van der Waals surface area contributed by atoms with Crippen molar-refractivity contribution >= 4 is 0 Å². The van der Waals surface area contributed by atoms with Crippen LogP contribution in [0.2, 0.25) is 0 Å². The lowest BCUT2D eigenvalue weighted by molar-refractivity contribution is 0.305. The molecule has 102 valence electrons. The van der Waals surface area contributed by atoms with Gasteiger partial charge in [0.15, 0.2) is 0 Å². The number of nitrogens with zero attached hydrogens (tertiary/aromatic N) is 1. The molecule has 0 saturated heterocycles. The molecular weight excluding hydrogens is 262 g/mol. The van der Waals surface area contributed by atoms with Gasteiger partial charge in [0, 0.05) is 5.56 Å². The fraction of sp³-hybridized carbons (Fsp3) is 0.0556. The molecule has 0 amide bonds. The van der Waals surface area contributed by atoms with Crippen molar-refractivity contribution in [2.75, 3.05) is 0 Å². The van der Waals surface area contributed by atoms with E-state index < -0.39 is 0 Å². The minimum absolute atomic E-state index is 0.428. The molecule has 21 heavy (non-hydrogen) atoms. The fourth-order valence-corrected chi connectivity index (χ4v) is 2.07. The van der Waals surface area contributed by atoms with Crippen LogP contribution in [0, 0.1) is 11.3 Å². The van der Waals surface area contributed by atoms with Crippen LogP contribution >= 0.6 is 0 Å². The molecule has 0 aliphatic carbocycles. The zero-order chi connectivity index (χ0) is 14.5. The number of ether oxygens (including phenoxy) is 1. The third-order valence-electron chi connectivity index (χ3n) is 3.14. The summed E-state index contributed by atoms with van der Waals surface area (Å²) in [5.74, 6) is 1.32. The zero-order valence-corrected chi connectivity index (χ0v) is 11.3. The Bertz CT molecular complexity index is 756. The summed E-state index contributed by atoms with van der Waals surface area (Å²) in [6, 6.07) is 21.2. The largest absolute Gasteiger partial charge is 0.487 e. The molecule has 0 unspecified atom stereocenters. The lowest BCUT2D eigenvalue weighted by atomic mass is 10.1. The van der Waals surface area contributed by atoms with Crippen molar-refractivity contribution in [3.63, 3.8) is 0 Å². The van der Waals surface area contributed by atoms with E-state index in [1.165, 1.54) is 0 Å². The highest BCUT2D eigenvalue weighted by Gasteiger charge is 2.08. The van der Waals surface area contributed by atoms with Crippen molar-refractivity contribution in [2.24, 2.45) is 0 Å². The molecule has 3 nitrogen and oxygen atoms in total. The molecule has 1 heterocycles. The lowest BCUT2D eigenvalue weighted by Gasteiger charge is -2.09. The minimum Gasteiger partial charge on any atom is -0.487 e. The van der Waals surface area contributed by atoms with Gasteiger partial charge in [-0.1, -0.05) is 30.3 Å². The van der Waals surface area contributed by atoms with Gasteiger partial charge < -0.3 is 9.15 Å². The third kappa shape index (κ3) is 2.96. The number of rotatable bonds is 4. The predicted molar refractivity (Wildman–Crippen MR) is 79.6 cm³/mol. The van der Waals surface area contributed by atoms with Gasteiger partial charge in [0.05, 0.1) is 11.8 Å². The summed E-state index contributed by atoms with van der Waals surface area (Å²) in [5.41, 5.74) is 2.47. The molecule has 0 aliphatic heterocycles. The third-order valence-corrected chi connectivity index (χ3v) is 3.14. The molecule has 0 fully saturated rings. The predicted octanol–water partition coefficient (Wildman–Crippen LogP) is 4.40. The van der Waals surface area contributed by atoms with Crippen LogP contribution in [0.4, 0.5) is 0 Å². The van der Waals surface area contributed by atoms with Crippen LogP contribution in [0.25, 0.3) is 11.3 Å². The van der Waals surface area contributed by atoms with E-state index in [2.05, 4.69) is 6.07 Å². The summed E-state index contributed by atoms with van der Waals surface area (Å²) < 4.78 is 11.2.